The Kier molecular flexibility index (Phi) is 4.89. The van der Waals surface area contributed by atoms with E-state index in [4.69, 9.17) is 5.73 Å². The van der Waals surface area contributed by atoms with Crippen molar-refractivity contribution in [2.24, 2.45) is 0 Å². The van der Waals surface area contributed by atoms with Crippen LogP contribution in [-0.4, -0.2) is 24.4 Å². The molecular formula is C11H13F3N2OS. The number of aryl methyl sites for hydroxylation is 1. The second kappa shape index (κ2) is 5.99. The maximum absolute atomic E-state index is 11.9. The van der Waals surface area contributed by atoms with Gasteiger partial charge in [0.2, 0.25) is 5.91 Å². The van der Waals surface area contributed by atoms with Crippen molar-refractivity contribution in [3.63, 3.8) is 0 Å². The summed E-state index contributed by atoms with van der Waals surface area (Å²) in [6, 6.07) is 5.17. The molecular weight excluding hydrogens is 265 g/mol. The smallest absolute Gasteiger partial charge is 0.399 e. The van der Waals surface area contributed by atoms with Gasteiger partial charge in [0.1, 0.15) is 6.54 Å². The molecule has 0 fully saturated rings. The van der Waals surface area contributed by atoms with Crippen molar-refractivity contribution in [2.45, 2.75) is 18.0 Å². The lowest BCUT2D eigenvalue weighted by atomic mass is 10.2. The second-order valence-electron chi connectivity index (χ2n) is 3.71. The van der Waals surface area contributed by atoms with Gasteiger partial charge in [-0.25, -0.2) is 0 Å². The topological polar surface area (TPSA) is 55.1 Å². The number of anilines is 1. The van der Waals surface area contributed by atoms with E-state index in [-0.39, 0.29) is 5.75 Å². The van der Waals surface area contributed by atoms with E-state index in [1.165, 1.54) is 11.8 Å². The van der Waals surface area contributed by atoms with Crippen molar-refractivity contribution < 1.29 is 18.0 Å². The van der Waals surface area contributed by atoms with Gasteiger partial charge in [0.15, 0.2) is 0 Å². The number of amides is 1. The third-order valence-electron chi connectivity index (χ3n) is 2.04. The van der Waals surface area contributed by atoms with E-state index < -0.39 is 18.6 Å². The number of rotatable bonds is 4. The minimum atomic E-state index is -4.38. The highest BCUT2D eigenvalue weighted by Crippen LogP contribution is 2.23. The van der Waals surface area contributed by atoms with Crippen molar-refractivity contribution in [1.82, 2.24) is 5.32 Å². The zero-order chi connectivity index (χ0) is 13.8. The molecule has 0 atom stereocenters. The first-order chi connectivity index (χ1) is 8.28. The summed E-state index contributed by atoms with van der Waals surface area (Å²) >= 11 is 1.18. The fraction of sp³-hybridized carbons (Fsp3) is 0.364. The van der Waals surface area contributed by atoms with Gasteiger partial charge in [-0.05, 0) is 30.7 Å². The summed E-state index contributed by atoms with van der Waals surface area (Å²) in [5.74, 6) is -0.700. The molecule has 0 saturated carbocycles. The number of nitrogens with two attached hydrogens (primary N) is 1. The van der Waals surface area contributed by atoms with E-state index in [1.54, 1.807) is 18.2 Å². The molecule has 3 N–H and O–H groups in total. The zero-order valence-corrected chi connectivity index (χ0v) is 10.5. The maximum atomic E-state index is 11.9. The van der Waals surface area contributed by atoms with E-state index in [1.807, 2.05) is 12.2 Å². The van der Waals surface area contributed by atoms with E-state index >= 15 is 0 Å². The van der Waals surface area contributed by atoms with E-state index in [2.05, 4.69) is 0 Å². The highest BCUT2D eigenvalue weighted by atomic mass is 32.2. The minimum Gasteiger partial charge on any atom is -0.399 e. The zero-order valence-electron chi connectivity index (χ0n) is 9.67. The Morgan fingerprint density at radius 3 is 2.67 bits per heavy atom. The monoisotopic (exact) mass is 278 g/mol. The van der Waals surface area contributed by atoms with Crippen molar-refractivity contribution in [1.29, 1.82) is 0 Å². The molecule has 18 heavy (non-hydrogen) atoms. The van der Waals surface area contributed by atoms with E-state index in [0.29, 0.717) is 5.69 Å². The lowest BCUT2D eigenvalue weighted by Gasteiger charge is -2.09. The number of hydrogen-bond donors (Lipinski definition) is 2. The Bertz CT molecular complexity index is 435. The lowest BCUT2D eigenvalue weighted by molar-refractivity contribution is -0.136. The van der Waals surface area contributed by atoms with Gasteiger partial charge in [-0.2, -0.15) is 13.2 Å². The Morgan fingerprint density at radius 1 is 1.44 bits per heavy atom. The van der Waals surface area contributed by atoms with Crippen LogP contribution in [0.25, 0.3) is 0 Å². The SMILES string of the molecule is Cc1cc(N)ccc1SCC(=O)NCC(F)(F)F. The predicted molar refractivity (Wildman–Crippen MR) is 65.4 cm³/mol. The van der Waals surface area contributed by atoms with Crippen LogP contribution in [0.15, 0.2) is 23.1 Å². The Labute approximate surface area is 107 Å². The van der Waals surface area contributed by atoms with Gasteiger partial charge in [-0.15, -0.1) is 11.8 Å². The molecule has 3 nitrogen and oxygen atoms in total. The Hall–Kier alpha value is -1.37. The largest absolute Gasteiger partial charge is 0.405 e. The maximum Gasteiger partial charge on any atom is 0.405 e. The van der Waals surface area contributed by atoms with Gasteiger partial charge in [0.05, 0.1) is 5.75 Å². The number of carbonyl (C=O) groups excluding carboxylic acids is 1. The van der Waals surface area contributed by atoms with Crippen LogP contribution in [0.3, 0.4) is 0 Å². The molecule has 100 valence electrons. The number of thioether (sulfide) groups is 1. The Balaban J connectivity index is 2.43. The molecule has 0 heterocycles. The first-order valence-corrected chi connectivity index (χ1v) is 6.09. The highest BCUT2D eigenvalue weighted by Gasteiger charge is 2.27. The van der Waals surface area contributed by atoms with Gasteiger partial charge >= 0.3 is 6.18 Å². The molecule has 0 unspecified atom stereocenters. The molecule has 1 aromatic rings. The molecule has 0 aliphatic rings. The van der Waals surface area contributed by atoms with Crippen LogP contribution in [0, 0.1) is 6.92 Å². The number of halogens is 3. The van der Waals surface area contributed by atoms with Crippen LogP contribution >= 0.6 is 11.8 Å². The first kappa shape index (κ1) is 14.7. The van der Waals surface area contributed by atoms with Gasteiger partial charge < -0.3 is 11.1 Å². The quantitative estimate of drug-likeness (QED) is 0.656. The van der Waals surface area contributed by atoms with Crippen LogP contribution < -0.4 is 11.1 Å². The molecule has 1 amide bonds. The summed E-state index contributed by atoms with van der Waals surface area (Å²) in [6.07, 6.45) is -4.38. The fourth-order valence-electron chi connectivity index (χ4n) is 1.23. The van der Waals surface area contributed by atoms with Crippen LogP contribution in [0.2, 0.25) is 0 Å². The normalized spacial score (nSPS) is 11.3. The summed E-state index contributed by atoms with van der Waals surface area (Å²) < 4.78 is 35.6. The average Bonchev–Trinajstić information content (AvgIpc) is 2.24. The second-order valence-corrected chi connectivity index (χ2v) is 4.72. The summed E-state index contributed by atoms with van der Waals surface area (Å²) in [7, 11) is 0. The first-order valence-electron chi connectivity index (χ1n) is 5.10. The summed E-state index contributed by atoms with van der Waals surface area (Å²) in [5.41, 5.74) is 7.07. The summed E-state index contributed by atoms with van der Waals surface area (Å²) in [4.78, 5) is 12.0. The number of carbonyl (C=O) groups is 1. The average molecular weight is 278 g/mol. The minimum absolute atomic E-state index is 0.0547. The predicted octanol–water partition coefficient (Wildman–Crippen LogP) is 2.35. The van der Waals surface area contributed by atoms with Gasteiger partial charge in [-0.3, -0.25) is 4.79 Å². The van der Waals surface area contributed by atoms with Crippen LogP contribution in [0.4, 0.5) is 18.9 Å². The molecule has 0 aliphatic heterocycles. The van der Waals surface area contributed by atoms with Crippen LogP contribution in [0.5, 0.6) is 0 Å². The third-order valence-corrected chi connectivity index (χ3v) is 3.22. The third kappa shape index (κ3) is 5.31. The molecule has 1 aromatic carbocycles. The van der Waals surface area contributed by atoms with Crippen molar-refractivity contribution in [3.8, 4) is 0 Å². The van der Waals surface area contributed by atoms with Crippen molar-refractivity contribution >= 4 is 23.4 Å². The molecule has 7 heteroatoms. The number of nitrogens with one attached hydrogen (secondary N) is 1. The molecule has 0 aromatic heterocycles. The fourth-order valence-corrected chi connectivity index (χ4v) is 2.07. The van der Waals surface area contributed by atoms with Crippen LogP contribution in [-0.2, 0) is 4.79 Å². The molecule has 0 aliphatic carbocycles. The summed E-state index contributed by atoms with van der Waals surface area (Å²) in [5, 5.41) is 1.81. The molecule has 0 radical (unpaired) electrons. The number of hydrogen-bond acceptors (Lipinski definition) is 3. The number of alkyl halides is 3. The lowest BCUT2D eigenvalue weighted by Crippen LogP contribution is -2.34. The molecule has 0 spiro atoms. The Morgan fingerprint density at radius 2 is 2.11 bits per heavy atom. The van der Waals surface area contributed by atoms with E-state index in [9.17, 15) is 18.0 Å². The molecule has 0 bridgehead atoms. The van der Waals surface area contributed by atoms with Gasteiger partial charge in [0.25, 0.3) is 0 Å². The van der Waals surface area contributed by atoms with E-state index in [0.717, 1.165) is 10.5 Å². The number of benzene rings is 1. The highest BCUT2D eigenvalue weighted by molar-refractivity contribution is 8.00. The standard InChI is InChI=1S/C11H13F3N2OS/c1-7-4-8(15)2-3-9(7)18-5-10(17)16-6-11(12,13)14/h2-4H,5-6,15H2,1H3,(H,16,17). The van der Waals surface area contributed by atoms with Crippen molar-refractivity contribution in [3.05, 3.63) is 23.8 Å². The summed E-state index contributed by atoms with van der Waals surface area (Å²) in [6.45, 7) is 0.527. The number of nitrogen functional groups attached to an aromatic ring is 1. The van der Waals surface area contributed by atoms with Crippen molar-refractivity contribution in [2.75, 3.05) is 18.0 Å². The van der Waals surface area contributed by atoms with Crippen LogP contribution in [0.1, 0.15) is 5.56 Å². The van der Waals surface area contributed by atoms with Gasteiger partial charge in [-0.1, -0.05) is 0 Å². The molecule has 1 rings (SSSR count). The molecule has 0 saturated heterocycles. The van der Waals surface area contributed by atoms with Gasteiger partial charge in [0, 0.05) is 10.6 Å².